The van der Waals surface area contributed by atoms with Gasteiger partial charge in [-0.25, -0.2) is 0 Å². The molecule has 0 saturated carbocycles. The lowest BCUT2D eigenvalue weighted by Gasteiger charge is -2.46. The lowest BCUT2D eigenvalue weighted by Crippen LogP contribution is -2.48. The number of aliphatic hydroxyl groups is 2. The zero-order valence-electron chi connectivity index (χ0n) is 13.2. The highest BCUT2D eigenvalue weighted by molar-refractivity contribution is 4.92. The SMILES string of the molecule is CCC(CO)C(C)(C)C(C)(C)OCCC(C)(C)O. The first-order valence-electron chi connectivity index (χ1n) is 6.95. The van der Waals surface area contributed by atoms with Crippen molar-refractivity contribution >= 4 is 0 Å². The second-order valence-corrected chi connectivity index (χ2v) is 6.93. The van der Waals surface area contributed by atoms with Crippen molar-refractivity contribution in [2.45, 2.75) is 72.5 Å². The summed E-state index contributed by atoms with van der Waals surface area (Å²) in [5.74, 6) is 0.217. The number of rotatable bonds is 8. The molecule has 18 heavy (non-hydrogen) atoms. The Balaban J connectivity index is 4.60. The molecule has 2 N–H and O–H groups in total. The molecule has 0 aromatic carbocycles. The summed E-state index contributed by atoms with van der Waals surface area (Å²) >= 11 is 0. The lowest BCUT2D eigenvalue weighted by atomic mass is 9.67. The molecule has 0 spiro atoms. The Morgan fingerprint density at radius 3 is 1.89 bits per heavy atom. The third-order valence-electron chi connectivity index (χ3n) is 4.46. The number of ether oxygens (including phenoxy) is 1. The lowest BCUT2D eigenvalue weighted by molar-refractivity contribution is -0.137. The third kappa shape index (κ3) is 4.87. The van der Waals surface area contributed by atoms with Crippen molar-refractivity contribution in [2.75, 3.05) is 13.2 Å². The summed E-state index contributed by atoms with van der Waals surface area (Å²) in [6.45, 7) is 14.8. The molecule has 3 heteroatoms. The molecule has 0 aliphatic heterocycles. The fourth-order valence-electron chi connectivity index (χ4n) is 2.10. The molecule has 0 bridgehead atoms. The van der Waals surface area contributed by atoms with Gasteiger partial charge in [0.2, 0.25) is 0 Å². The van der Waals surface area contributed by atoms with Crippen LogP contribution in [-0.4, -0.2) is 34.6 Å². The van der Waals surface area contributed by atoms with Gasteiger partial charge in [-0.3, -0.25) is 0 Å². The van der Waals surface area contributed by atoms with Crippen LogP contribution in [0.25, 0.3) is 0 Å². The van der Waals surface area contributed by atoms with Gasteiger partial charge in [0.15, 0.2) is 0 Å². The molecule has 0 aromatic heterocycles. The minimum atomic E-state index is -0.693. The van der Waals surface area contributed by atoms with Crippen LogP contribution in [0.15, 0.2) is 0 Å². The summed E-state index contributed by atoms with van der Waals surface area (Å²) in [7, 11) is 0. The van der Waals surface area contributed by atoms with Gasteiger partial charge in [-0.15, -0.1) is 0 Å². The van der Waals surface area contributed by atoms with Gasteiger partial charge in [0.05, 0.1) is 17.8 Å². The fourth-order valence-corrected chi connectivity index (χ4v) is 2.10. The molecule has 0 aliphatic rings. The first kappa shape index (κ1) is 17.9. The standard InChI is InChI=1S/C15H32O3/c1-8-12(11-16)14(4,5)15(6,7)18-10-9-13(2,3)17/h12,16-17H,8-11H2,1-7H3. The molecule has 0 amide bonds. The van der Waals surface area contributed by atoms with E-state index in [1.165, 1.54) is 0 Å². The van der Waals surface area contributed by atoms with Crippen molar-refractivity contribution in [1.82, 2.24) is 0 Å². The molecule has 0 fully saturated rings. The summed E-state index contributed by atoms with van der Waals surface area (Å²) in [5, 5.41) is 19.2. The molecule has 0 rings (SSSR count). The Morgan fingerprint density at radius 2 is 1.56 bits per heavy atom. The molecular formula is C15H32O3. The van der Waals surface area contributed by atoms with Crippen LogP contribution in [0, 0.1) is 11.3 Å². The molecule has 1 unspecified atom stereocenters. The largest absolute Gasteiger partial charge is 0.396 e. The Labute approximate surface area is 113 Å². The Morgan fingerprint density at radius 1 is 1.06 bits per heavy atom. The van der Waals surface area contributed by atoms with Gasteiger partial charge >= 0.3 is 0 Å². The minimum absolute atomic E-state index is 0.115. The van der Waals surface area contributed by atoms with Crippen molar-refractivity contribution in [2.24, 2.45) is 11.3 Å². The summed E-state index contributed by atoms with van der Waals surface area (Å²) in [5.41, 5.74) is -1.14. The molecular weight excluding hydrogens is 228 g/mol. The van der Waals surface area contributed by atoms with Crippen LogP contribution >= 0.6 is 0 Å². The van der Waals surface area contributed by atoms with E-state index in [0.29, 0.717) is 13.0 Å². The van der Waals surface area contributed by atoms with E-state index in [0.717, 1.165) is 6.42 Å². The van der Waals surface area contributed by atoms with Crippen molar-refractivity contribution in [3.63, 3.8) is 0 Å². The van der Waals surface area contributed by atoms with Gasteiger partial charge in [0, 0.05) is 6.61 Å². The van der Waals surface area contributed by atoms with E-state index in [-0.39, 0.29) is 23.5 Å². The van der Waals surface area contributed by atoms with Crippen LogP contribution in [-0.2, 0) is 4.74 Å². The average molecular weight is 260 g/mol. The zero-order chi connectivity index (χ0) is 14.6. The van der Waals surface area contributed by atoms with E-state index in [9.17, 15) is 10.2 Å². The first-order chi connectivity index (χ1) is 7.98. The third-order valence-corrected chi connectivity index (χ3v) is 4.46. The summed E-state index contributed by atoms with van der Waals surface area (Å²) < 4.78 is 5.98. The number of hydrogen-bond donors (Lipinski definition) is 2. The topological polar surface area (TPSA) is 49.7 Å². The monoisotopic (exact) mass is 260 g/mol. The van der Waals surface area contributed by atoms with Crippen LogP contribution in [0.4, 0.5) is 0 Å². The molecule has 0 aromatic rings. The van der Waals surface area contributed by atoms with Gasteiger partial charge < -0.3 is 14.9 Å². The highest BCUT2D eigenvalue weighted by atomic mass is 16.5. The zero-order valence-corrected chi connectivity index (χ0v) is 13.2. The quantitative estimate of drug-likeness (QED) is 0.705. The molecule has 3 nitrogen and oxygen atoms in total. The van der Waals surface area contributed by atoms with Crippen molar-refractivity contribution < 1.29 is 14.9 Å². The van der Waals surface area contributed by atoms with E-state index < -0.39 is 5.60 Å². The Bertz CT molecular complexity index is 235. The molecule has 0 aliphatic carbocycles. The first-order valence-corrected chi connectivity index (χ1v) is 6.95. The maximum atomic E-state index is 9.70. The van der Waals surface area contributed by atoms with E-state index in [4.69, 9.17) is 4.74 Å². The van der Waals surface area contributed by atoms with E-state index in [1.807, 2.05) is 0 Å². The van der Waals surface area contributed by atoms with Crippen molar-refractivity contribution in [3.05, 3.63) is 0 Å². The van der Waals surface area contributed by atoms with Gasteiger partial charge in [-0.1, -0.05) is 27.2 Å². The van der Waals surface area contributed by atoms with Gasteiger partial charge in [-0.2, -0.15) is 0 Å². The van der Waals surface area contributed by atoms with Crippen LogP contribution in [0.5, 0.6) is 0 Å². The normalized spacial score (nSPS) is 15.8. The number of aliphatic hydroxyl groups excluding tert-OH is 1. The van der Waals surface area contributed by atoms with Crippen LogP contribution < -0.4 is 0 Å². The Hall–Kier alpha value is -0.120. The van der Waals surface area contributed by atoms with Crippen LogP contribution in [0.1, 0.15) is 61.3 Å². The van der Waals surface area contributed by atoms with E-state index >= 15 is 0 Å². The minimum Gasteiger partial charge on any atom is -0.396 e. The Kier molecular flexibility index (Phi) is 6.31. The molecule has 1 atom stereocenters. The fraction of sp³-hybridized carbons (Fsp3) is 1.00. The van der Waals surface area contributed by atoms with Crippen molar-refractivity contribution in [3.8, 4) is 0 Å². The molecule has 0 saturated heterocycles. The smallest absolute Gasteiger partial charge is 0.0680 e. The molecule has 110 valence electrons. The summed E-state index contributed by atoms with van der Waals surface area (Å²) in [6, 6.07) is 0. The predicted octanol–water partition coefficient (Wildman–Crippen LogP) is 2.99. The van der Waals surface area contributed by atoms with Crippen LogP contribution in [0.3, 0.4) is 0 Å². The second kappa shape index (κ2) is 6.36. The second-order valence-electron chi connectivity index (χ2n) is 6.93. The maximum Gasteiger partial charge on any atom is 0.0680 e. The van der Waals surface area contributed by atoms with E-state index in [2.05, 4.69) is 34.6 Å². The highest BCUT2D eigenvalue weighted by Crippen LogP contribution is 2.42. The van der Waals surface area contributed by atoms with E-state index in [1.54, 1.807) is 13.8 Å². The van der Waals surface area contributed by atoms with Gasteiger partial charge in [-0.05, 0) is 45.4 Å². The van der Waals surface area contributed by atoms with Crippen LogP contribution in [0.2, 0.25) is 0 Å². The van der Waals surface area contributed by atoms with Gasteiger partial charge in [0.1, 0.15) is 0 Å². The van der Waals surface area contributed by atoms with Crippen molar-refractivity contribution in [1.29, 1.82) is 0 Å². The summed E-state index contributed by atoms with van der Waals surface area (Å²) in [4.78, 5) is 0. The highest BCUT2D eigenvalue weighted by Gasteiger charge is 2.43. The maximum absolute atomic E-state index is 9.70. The molecule has 0 heterocycles. The average Bonchev–Trinajstić information content (AvgIpc) is 2.16. The number of hydrogen-bond acceptors (Lipinski definition) is 3. The predicted molar refractivity (Wildman–Crippen MR) is 75.6 cm³/mol. The summed E-state index contributed by atoms with van der Waals surface area (Å²) in [6.07, 6.45) is 1.55. The van der Waals surface area contributed by atoms with Gasteiger partial charge in [0.25, 0.3) is 0 Å². The molecule has 0 radical (unpaired) electrons.